The summed E-state index contributed by atoms with van der Waals surface area (Å²) in [4.78, 5) is 0. The molecule has 1 N–H and O–H groups in total. The standard InChI is InChI=1S/C13H20O2/c14-13-8-4-3-6-11(13)9-10-5-1-2-7-12(10)15-13/h9-10,12,14H,1-8H2. The molecule has 0 amide bonds. The van der Waals surface area contributed by atoms with E-state index in [1.807, 2.05) is 0 Å². The second-order valence-electron chi connectivity index (χ2n) is 5.29. The molecule has 0 aromatic carbocycles. The lowest BCUT2D eigenvalue weighted by molar-refractivity contribution is -0.236. The van der Waals surface area contributed by atoms with Gasteiger partial charge in [-0.15, -0.1) is 0 Å². The van der Waals surface area contributed by atoms with Gasteiger partial charge in [0.15, 0.2) is 5.79 Å². The molecular formula is C13H20O2. The summed E-state index contributed by atoms with van der Waals surface area (Å²) in [6, 6.07) is 0. The van der Waals surface area contributed by atoms with E-state index in [1.54, 1.807) is 0 Å². The van der Waals surface area contributed by atoms with Crippen molar-refractivity contribution in [2.45, 2.75) is 63.3 Å². The van der Waals surface area contributed by atoms with Gasteiger partial charge in [-0.3, -0.25) is 0 Å². The van der Waals surface area contributed by atoms with E-state index in [2.05, 4.69) is 6.08 Å². The Labute approximate surface area is 91.3 Å². The van der Waals surface area contributed by atoms with E-state index in [0.29, 0.717) is 12.0 Å². The SMILES string of the molecule is OC12CCCCC1=CC1CCCCC1O2. The van der Waals surface area contributed by atoms with E-state index < -0.39 is 5.79 Å². The molecule has 3 atom stereocenters. The fourth-order valence-electron chi connectivity index (χ4n) is 3.36. The number of rotatable bonds is 0. The Morgan fingerprint density at radius 2 is 2.07 bits per heavy atom. The first kappa shape index (κ1) is 9.86. The predicted molar refractivity (Wildman–Crippen MR) is 58.3 cm³/mol. The van der Waals surface area contributed by atoms with Crippen LogP contribution in [0.3, 0.4) is 0 Å². The van der Waals surface area contributed by atoms with Crippen molar-refractivity contribution < 1.29 is 9.84 Å². The molecule has 0 bridgehead atoms. The van der Waals surface area contributed by atoms with Crippen LogP contribution in [0.5, 0.6) is 0 Å². The van der Waals surface area contributed by atoms with Gasteiger partial charge in [0.1, 0.15) is 0 Å². The van der Waals surface area contributed by atoms with Gasteiger partial charge >= 0.3 is 0 Å². The molecule has 0 aromatic rings. The van der Waals surface area contributed by atoms with Crippen LogP contribution in [0.2, 0.25) is 0 Å². The molecule has 2 fully saturated rings. The average Bonchev–Trinajstić information content (AvgIpc) is 2.25. The van der Waals surface area contributed by atoms with Crippen LogP contribution >= 0.6 is 0 Å². The highest BCUT2D eigenvalue weighted by Gasteiger charge is 2.43. The summed E-state index contributed by atoms with van der Waals surface area (Å²) >= 11 is 0. The number of hydrogen-bond donors (Lipinski definition) is 1. The third-order valence-corrected chi connectivity index (χ3v) is 4.23. The summed E-state index contributed by atoms with van der Waals surface area (Å²) < 4.78 is 5.97. The third-order valence-electron chi connectivity index (χ3n) is 4.23. The van der Waals surface area contributed by atoms with Crippen molar-refractivity contribution in [2.75, 3.05) is 0 Å². The molecular weight excluding hydrogens is 188 g/mol. The van der Waals surface area contributed by atoms with Crippen molar-refractivity contribution in [3.8, 4) is 0 Å². The topological polar surface area (TPSA) is 29.5 Å². The highest BCUT2D eigenvalue weighted by Crippen LogP contribution is 2.44. The Morgan fingerprint density at radius 3 is 3.00 bits per heavy atom. The van der Waals surface area contributed by atoms with Gasteiger partial charge in [0.2, 0.25) is 0 Å². The van der Waals surface area contributed by atoms with Crippen molar-refractivity contribution in [2.24, 2.45) is 5.92 Å². The minimum absolute atomic E-state index is 0.297. The van der Waals surface area contributed by atoms with Crippen LogP contribution in [0, 0.1) is 5.92 Å². The number of fused-ring (bicyclic) bond motifs is 2. The molecule has 3 rings (SSSR count). The van der Waals surface area contributed by atoms with Gasteiger partial charge < -0.3 is 9.84 Å². The normalized spacial score (nSPS) is 45.3. The molecule has 84 valence electrons. The summed E-state index contributed by atoms with van der Waals surface area (Å²) in [7, 11) is 0. The maximum absolute atomic E-state index is 10.4. The Balaban J connectivity index is 1.88. The monoisotopic (exact) mass is 208 g/mol. The van der Waals surface area contributed by atoms with Crippen LogP contribution in [0.25, 0.3) is 0 Å². The van der Waals surface area contributed by atoms with E-state index >= 15 is 0 Å². The van der Waals surface area contributed by atoms with Crippen molar-refractivity contribution >= 4 is 0 Å². The Bertz CT molecular complexity index is 284. The van der Waals surface area contributed by atoms with E-state index in [1.165, 1.54) is 31.3 Å². The molecule has 0 aromatic heterocycles. The van der Waals surface area contributed by atoms with Gasteiger partial charge in [-0.05, 0) is 37.7 Å². The van der Waals surface area contributed by atoms with E-state index in [4.69, 9.17) is 4.74 Å². The molecule has 0 saturated heterocycles. The van der Waals surface area contributed by atoms with Gasteiger partial charge in [0.05, 0.1) is 6.10 Å². The van der Waals surface area contributed by atoms with Crippen LogP contribution in [-0.4, -0.2) is 17.0 Å². The summed E-state index contributed by atoms with van der Waals surface area (Å²) in [6.07, 6.45) is 11.8. The quantitative estimate of drug-likeness (QED) is 0.620. The first-order valence-electron chi connectivity index (χ1n) is 6.39. The van der Waals surface area contributed by atoms with Gasteiger partial charge in [0.25, 0.3) is 0 Å². The van der Waals surface area contributed by atoms with Gasteiger partial charge in [-0.1, -0.05) is 18.9 Å². The van der Waals surface area contributed by atoms with E-state index in [9.17, 15) is 5.11 Å². The molecule has 0 spiro atoms. The summed E-state index contributed by atoms with van der Waals surface area (Å²) in [5, 5.41) is 10.4. The highest BCUT2D eigenvalue weighted by molar-refractivity contribution is 5.20. The van der Waals surface area contributed by atoms with Crippen LogP contribution in [0.1, 0.15) is 51.4 Å². The summed E-state index contributed by atoms with van der Waals surface area (Å²) in [5.41, 5.74) is 1.18. The van der Waals surface area contributed by atoms with Crippen LogP contribution in [0.15, 0.2) is 11.6 Å². The maximum Gasteiger partial charge on any atom is 0.188 e. The zero-order valence-electron chi connectivity index (χ0n) is 9.24. The second kappa shape index (κ2) is 3.60. The zero-order valence-corrected chi connectivity index (χ0v) is 9.24. The van der Waals surface area contributed by atoms with Gasteiger partial charge in [-0.25, -0.2) is 0 Å². The summed E-state index contributed by atoms with van der Waals surface area (Å²) in [6.45, 7) is 0. The first-order chi connectivity index (χ1) is 7.28. The predicted octanol–water partition coefficient (Wildman–Crippen LogP) is 2.76. The molecule has 2 nitrogen and oxygen atoms in total. The minimum atomic E-state index is -0.878. The van der Waals surface area contributed by atoms with Crippen LogP contribution in [-0.2, 0) is 4.74 Å². The lowest BCUT2D eigenvalue weighted by atomic mass is 9.77. The molecule has 2 saturated carbocycles. The van der Waals surface area contributed by atoms with Crippen LogP contribution in [0.4, 0.5) is 0 Å². The molecule has 3 unspecified atom stereocenters. The Kier molecular flexibility index (Phi) is 2.37. The fraction of sp³-hybridized carbons (Fsp3) is 0.846. The third kappa shape index (κ3) is 1.64. The molecule has 2 heteroatoms. The summed E-state index contributed by atoms with van der Waals surface area (Å²) in [5.74, 6) is -0.288. The number of aliphatic hydroxyl groups is 1. The van der Waals surface area contributed by atoms with Gasteiger partial charge in [0, 0.05) is 12.3 Å². The number of hydrogen-bond acceptors (Lipinski definition) is 2. The smallest absolute Gasteiger partial charge is 0.188 e. The fourth-order valence-corrected chi connectivity index (χ4v) is 3.36. The molecule has 2 aliphatic carbocycles. The lowest BCUT2D eigenvalue weighted by Gasteiger charge is -2.45. The second-order valence-corrected chi connectivity index (χ2v) is 5.29. The van der Waals surface area contributed by atoms with E-state index in [0.717, 1.165) is 25.7 Å². The average molecular weight is 208 g/mol. The lowest BCUT2D eigenvalue weighted by Crippen LogP contribution is -2.47. The molecule has 1 heterocycles. The molecule has 0 radical (unpaired) electrons. The minimum Gasteiger partial charge on any atom is -0.362 e. The molecule has 15 heavy (non-hydrogen) atoms. The van der Waals surface area contributed by atoms with Crippen molar-refractivity contribution in [1.29, 1.82) is 0 Å². The van der Waals surface area contributed by atoms with Crippen molar-refractivity contribution in [1.82, 2.24) is 0 Å². The van der Waals surface area contributed by atoms with Crippen molar-refractivity contribution in [3.05, 3.63) is 11.6 Å². The highest BCUT2D eigenvalue weighted by atomic mass is 16.6. The maximum atomic E-state index is 10.4. The zero-order chi connectivity index (χ0) is 10.3. The Morgan fingerprint density at radius 1 is 1.20 bits per heavy atom. The largest absolute Gasteiger partial charge is 0.362 e. The van der Waals surface area contributed by atoms with E-state index in [-0.39, 0.29) is 0 Å². The van der Waals surface area contributed by atoms with Crippen molar-refractivity contribution in [3.63, 3.8) is 0 Å². The molecule has 3 aliphatic rings. The van der Waals surface area contributed by atoms with Crippen LogP contribution < -0.4 is 0 Å². The van der Waals surface area contributed by atoms with Gasteiger partial charge in [-0.2, -0.15) is 0 Å². The molecule has 1 aliphatic heterocycles. The Hall–Kier alpha value is -0.340. The number of ether oxygens (including phenoxy) is 1. The first-order valence-corrected chi connectivity index (χ1v) is 6.39.